The number of para-hydroxylation sites is 1. The third-order valence-corrected chi connectivity index (χ3v) is 7.87. The van der Waals surface area contributed by atoms with Crippen LogP contribution in [0.4, 0.5) is 15.8 Å². The average Bonchev–Trinajstić information content (AvgIpc) is 2.90. The fraction of sp³-hybridized carbons (Fsp3) is 0.367. The van der Waals surface area contributed by atoms with E-state index < -0.39 is 0 Å². The molecule has 1 N–H and O–H groups in total. The third kappa shape index (κ3) is 5.10. The van der Waals surface area contributed by atoms with Gasteiger partial charge in [-0.2, -0.15) is 0 Å². The minimum absolute atomic E-state index is 0.00803. The summed E-state index contributed by atoms with van der Waals surface area (Å²) in [5.41, 5.74) is 3.82. The van der Waals surface area contributed by atoms with Gasteiger partial charge in [0, 0.05) is 48.7 Å². The lowest BCUT2D eigenvalue weighted by Gasteiger charge is -2.51. The van der Waals surface area contributed by atoms with Crippen LogP contribution in [-0.2, 0) is 5.54 Å². The number of anilines is 2. The van der Waals surface area contributed by atoms with Crippen LogP contribution >= 0.6 is 0 Å². The van der Waals surface area contributed by atoms with Crippen molar-refractivity contribution in [1.82, 2.24) is 4.90 Å². The van der Waals surface area contributed by atoms with Gasteiger partial charge in [-0.25, -0.2) is 4.39 Å². The molecular formula is C30H34FN3O. The summed E-state index contributed by atoms with van der Waals surface area (Å²) in [6.07, 6.45) is 4.69. The van der Waals surface area contributed by atoms with Crippen LogP contribution in [0, 0.1) is 11.7 Å². The second-order valence-corrected chi connectivity index (χ2v) is 10.1. The summed E-state index contributed by atoms with van der Waals surface area (Å²) in [6, 6.07) is 24.7. The number of hydrogen-bond donors (Lipinski definition) is 1. The molecule has 5 rings (SSSR count). The summed E-state index contributed by atoms with van der Waals surface area (Å²) in [5, 5.41) is 3.03. The number of amides is 1. The topological polar surface area (TPSA) is 35.6 Å². The summed E-state index contributed by atoms with van der Waals surface area (Å²) >= 11 is 0. The largest absolute Gasteiger partial charge is 0.369 e. The van der Waals surface area contributed by atoms with Crippen molar-refractivity contribution in [2.24, 2.45) is 5.92 Å². The van der Waals surface area contributed by atoms with Crippen molar-refractivity contribution in [2.45, 2.75) is 38.1 Å². The Hall–Kier alpha value is -3.18. The van der Waals surface area contributed by atoms with Crippen molar-refractivity contribution in [2.75, 3.05) is 36.4 Å². The normalized spacial score (nSPS) is 23.1. The van der Waals surface area contributed by atoms with Crippen LogP contribution in [0.5, 0.6) is 0 Å². The molecule has 35 heavy (non-hydrogen) atoms. The van der Waals surface area contributed by atoms with E-state index in [2.05, 4.69) is 70.6 Å². The highest BCUT2D eigenvalue weighted by molar-refractivity contribution is 6.04. The molecule has 1 heterocycles. The summed E-state index contributed by atoms with van der Waals surface area (Å²) in [4.78, 5) is 17.9. The first-order valence-corrected chi connectivity index (χ1v) is 12.8. The van der Waals surface area contributed by atoms with E-state index >= 15 is 0 Å². The molecule has 4 nitrogen and oxygen atoms in total. The molecule has 0 aromatic heterocycles. The van der Waals surface area contributed by atoms with Crippen LogP contribution in [0.1, 0.15) is 48.5 Å². The maximum Gasteiger partial charge on any atom is 0.255 e. The van der Waals surface area contributed by atoms with Gasteiger partial charge in [0.25, 0.3) is 5.91 Å². The second kappa shape index (κ2) is 10.2. The van der Waals surface area contributed by atoms with E-state index in [4.69, 9.17) is 0 Å². The van der Waals surface area contributed by atoms with Crippen LogP contribution in [0.25, 0.3) is 0 Å². The summed E-state index contributed by atoms with van der Waals surface area (Å²) in [6.45, 7) is 6.44. The maximum atomic E-state index is 13.3. The first kappa shape index (κ1) is 23.6. The van der Waals surface area contributed by atoms with Gasteiger partial charge in [-0.05, 0) is 85.7 Å². The van der Waals surface area contributed by atoms with Crippen molar-refractivity contribution in [3.8, 4) is 0 Å². The average molecular weight is 472 g/mol. The lowest BCUT2D eigenvalue weighted by atomic mass is 9.71. The molecule has 1 saturated heterocycles. The zero-order valence-electron chi connectivity index (χ0n) is 20.4. The number of carbonyl (C=O) groups is 1. The highest BCUT2D eigenvalue weighted by atomic mass is 19.1. The summed E-state index contributed by atoms with van der Waals surface area (Å²) in [7, 11) is 0. The zero-order valence-corrected chi connectivity index (χ0v) is 20.4. The molecule has 5 heteroatoms. The highest BCUT2D eigenvalue weighted by Crippen LogP contribution is 2.45. The Bertz CT molecular complexity index is 1130. The maximum absolute atomic E-state index is 13.3. The molecule has 182 valence electrons. The molecular weight excluding hydrogens is 437 g/mol. The molecule has 0 unspecified atom stereocenters. The van der Waals surface area contributed by atoms with Gasteiger partial charge in [-0.3, -0.25) is 9.69 Å². The summed E-state index contributed by atoms with van der Waals surface area (Å²) < 4.78 is 13.3. The molecule has 2 aliphatic rings. The van der Waals surface area contributed by atoms with Gasteiger partial charge in [0.05, 0.1) is 0 Å². The lowest BCUT2D eigenvalue weighted by Crippen LogP contribution is -2.56. The van der Waals surface area contributed by atoms with Crippen LogP contribution < -0.4 is 10.2 Å². The van der Waals surface area contributed by atoms with E-state index in [0.29, 0.717) is 5.56 Å². The molecule has 1 aliphatic carbocycles. The van der Waals surface area contributed by atoms with E-state index in [1.807, 2.05) is 6.07 Å². The van der Waals surface area contributed by atoms with Gasteiger partial charge in [-0.15, -0.1) is 0 Å². The lowest BCUT2D eigenvalue weighted by molar-refractivity contribution is 0.0299. The van der Waals surface area contributed by atoms with E-state index in [9.17, 15) is 9.18 Å². The Kier molecular flexibility index (Phi) is 6.87. The number of carbonyl (C=O) groups excluding carboxylic acids is 1. The van der Waals surface area contributed by atoms with E-state index in [1.165, 1.54) is 48.4 Å². The fourth-order valence-electron chi connectivity index (χ4n) is 5.75. The van der Waals surface area contributed by atoms with Crippen LogP contribution in [0.2, 0.25) is 0 Å². The van der Waals surface area contributed by atoms with Crippen LogP contribution in [0.15, 0.2) is 78.9 Å². The van der Waals surface area contributed by atoms with Crippen LogP contribution in [-0.4, -0.2) is 37.0 Å². The minimum Gasteiger partial charge on any atom is -0.369 e. The van der Waals surface area contributed by atoms with Crippen molar-refractivity contribution < 1.29 is 9.18 Å². The molecule has 3 aromatic rings. The van der Waals surface area contributed by atoms with Gasteiger partial charge < -0.3 is 10.2 Å². The quantitative estimate of drug-likeness (QED) is 0.474. The predicted octanol–water partition coefficient (Wildman–Crippen LogP) is 6.31. The van der Waals surface area contributed by atoms with Crippen LogP contribution in [0.3, 0.4) is 0 Å². The van der Waals surface area contributed by atoms with Crippen molar-refractivity contribution in [3.63, 3.8) is 0 Å². The Balaban J connectivity index is 1.36. The molecule has 0 spiro atoms. The number of hydrogen-bond acceptors (Lipinski definition) is 3. The van der Waals surface area contributed by atoms with Gasteiger partial charge >= 0.3 is 0 Å². The molecule has 3 aromatic carbocycles. The fourth-order valence-corrected chi connectivity index (χ4v) is 5.75. The number of nitrogens with zero attached hydrogens (tertiary/aromatic N) is 2. The first-order chi connectivity index (χ1) is 17.0. The van der Waals surface area contributed by atoms with Crippen molar-refractivity contribution >= 4 is 17.3 Å². The van der Waals surface area contributed by atoms with Gasteiger partial charge in [0.15, 0.2) is 0 Å². The number of benzene rings is 3. The Morgan fingerprint density at radius 3 is 2.26 bits per heavy atom. The number of nitrogens with one attached hydrogen (secondary N) is 1. The van der Waals surface area contributed by atoms with Crippen molar-refractivity contribution in [3.05, 3.63) is 95.8 Å². The predicted molar refractivity (Wildman–Crippen MR) is 140 cm³/mol. The SMILES string of the molecule is CC1CCC(c2cccc(NC(=O)c3ccc(F)cc3)c2)(N2CCN(c3ccccc3)CC2)CC1. The molecule has 0 atom stereocenters. The van der Waals surface area contributed by atoms with Crippen molar-refractivity contribution in [1.29, 1.82) is 0 Å². The van der Waals surface area contributed by atoms with E-state index in [-0.39, 0.29) is 17.3 Å². The molecule has 2 fully saturated rings. The standard InChI is InChI=1S/C30H34FN3O/c1-23-14-16-30(17-15-23,34-20-18-33(19-21-34)28-8-3-2-4-9-28)25-6-5-7-27(22-25)32-29(35)24-10-12-26(31)13-11-24/h2-13,22-23H,14-21H2,1H3,(H,32,35). The number of rotatable bonds is 5. The monoisotopic (exact) mass is 471 g/mol. The third-order valence-electron chi connectivity index (χ3n) is 7.87. The summed E-state index contributed by atoms with van der Waals surface area (Å²) in [5.74, 6) is 0.185. The molecule has 1 aliphatic heterocycles. The van der Waals surface area contributed by atoms with Gasteiger partial charge in [-0.1, -0.05) is 37.3 Å². The second-order valence-electron chi connectivity index (χ2n) is 10.1. The Morgan fingerprint density at radius 2 is 1.57 bits per heavy atom. The number of halogens is 1. The first-order valence-electron chi connectivity index (χ1n) is 12.8. The smallest absolute Gasteiger partial charge is 0.255 e. The Morgan fingerprint density at radius 1 is 0.886 bits per heavy atom. The molecule has 1 amide bonds. The molecule has 0 radical (unpaired) electrons. The van der Waals surface area contributed by atoms with E-state index in [1.54, 1.807) is 0 Å². The van der Waals surface area contributed by atoms with Gasteiger partial charge in [0.1, 0.15) is 5.82 Å². The molecule has 0 bridgehead atoms. The van der Waals surface area contributed by atoms with E-state index in [0.717, 1.165) is 50.6 Å². The number of piperazine rings is 1. The Labute approximate surface area is 207 Å². The minimum atomic E-state index is -0.343. The zero-order chi connectivity index (χ0) is 24.3. The highest BCUT2D eigenvalue weighted by Gasteiger charge is 2.42. The van der Waals surface area contributed by atoms with Gasteiger partial charge in [0.2, 0.25) is 0 Å². The molecule has 1 saturated carbocycles.